The van der Waals surface area contributed by atoms with Crippen LogP contribution in [0.4, 0.5) is 23.0 Å². The summed E-state index contributed by atoms with van der Waals surface area (Å²) in [6, 6.07) is 30.3. The number of pyridine rings is 6. The molecule has 0 saturated heterocycles. The molecule has 1 amide bonds. The van der Waals surface area contributed by atoms with Gasteiger partial charge >= 0.3 is 0 Å². The van der Waals surface area contributed by atoms with Gasteiger partial charge in [-0.3, -0.25) is 14.8 Å². The van der Waals surface area contributed by atoms with Crippen LogP contribution >= 0.6 is 23.2 Å². The van der Waals surface area contributed by atoms with Crippen molar-refractivity contribution in [3.8, 4) is 11.5 Å². The van der Waals surface area contributed by atoms with Gasteiger partial charge in [0.1, 0.15) is 17.3 Å². The molecular weight excluding hydrogens is 964 g/mol. The summed E-state index contributed by atoms with van der Waals surface area (Å²) in [5, 5.41) is 11.8. The van der Waals surface area contributed by atoms with Crippen LogP contribution in [0.25, 0.3) is 21.8 Å². The minimum absolute atomic E-state index is 0. The van der Waals surface area contributed by atoms with Crippen molar-refractivity contribution in [2.45, 2.75) is 26.7 Å². The fourth-order valence-corrected chi connectivity index (χ4v) is 7.05. The molecule has 0 bridgehead atoms. The van der Waals surface area contributed by atoms with E-state index in [-0.39, 0.29) is 43.8 Å². The molecule has 0 saturated carbocycles. The van der Waals surface area contributed by atoms with E-state index in [2.05, 4.69) is 45.9 Å². The van der Waals surface area contributed by atoms with Crippen LogP contribution in [0.3, 0.4) is 0 Å². The van der Waals surface area contributed by atoms with Crippen molar-refractivity contribution < 1.29 is 51.8 Å². The second-order valence-electron chi connectivity index (χ2n) is 14.3. The Balaban J connectivity index is 0.000000215. The van der Waals surface area contributed by atoms with Gasteiger partial charge in [0.15, 0.2) is 10.3 Å². The third-order valence-corrected chi connectivity index (χ3v) is 10.5. The fourth-order valence-electron chi connectivity index (χ4n) is 6.59. The van der Waals surface area contributed by atoms with E-state index in [0.717, 1.165) is 50.1 Å². The van der Waals surface area contributed by atoms with Crippen LogP contribution in [-0.4, -0.2) is 82.5 Å². The Morgan fingerprint density at radius 2 is 1.19 bits per heavy atom. The molecule has 341 valence electrons. The predicted molar refractivity (Wildman–Crippen MR) is 264 cm³/mol. The first-order valence-corrected chi connectivity index (χ1v) is 21.9. The first kappa shape index (κ1) is 51.7. The van der Waals surface area contributed by atoms with E-state index < -0.39 is 0 Å². The van der Waals surface area contributed by atoms with Crippen molar-refractivity contribution in [3.05, 3.63) is 167 Å². The van der Waals surface area contributed by atoms with Gasteiger partial charge in [-0.1, -0.05) is 53.0 Å². The van der Waals surface area contributed by atoms with Crippen LogP contribution in [0, 0.1) is 0 Å². The van der Waals surface area contributed by atoms with Crippen LogP contribution in [0.2, 0.25) is 10.3 Å². The summed E-state index contributed by atoms with van der Waals surface area (Å²) < 4.78 is 11.9. The number of nitrogens with zero attached hydrogens (tertiary/aromatic N) is 7. The Morgan fingerprint density at radius 1 is 0.657 bits per heavy atom. The number of carbonyl (C=O) groups excluding carboxylic acids is 2. The van der Waals surface area contributed by atoms with Gasteiger partial charge in [0.25, 0.3) is 5.91 Å². The number of rotatable bonds is 16. The number of hydrogen-bond donors (Lipinski definition) is 3. The smallest absolute Gasteiger partial charge is 0.261 e. The zero-order valence-corrected chi connectivity index (χ0v) is 41.9. The number of nitrogens with one attached hydrogen (secondary N) is 3. The Morgan fingerprint density at radius 3 is 1.73 bits per heavy atom. The number of anilines is 4. The van der Waals surface area contributed by atoms with Crippen molar-refractivity contribution in [2.24, 2.45) is 0 Å². The monoisotopic (exact) mass is 1010 g/mol. The first-order chi connectivity index (χ1) is 32.2. The maximum Gasteiger partial charge on any atom is 0.261 e. The van der Waals surface area contributed by atoms with Gasteiger partial charge in [0.05, 0.1) is 47.5 Å². The molecule has 0 aliphatic heterocycles. The number of fused-ring (bicyclic) bond motifs is 2. The summed E-state index contributed by atoms with van der Waals surface area (Å²) in [4.78, 5) is 51.2. The number of halogens is 2. The van der Waals surface area contributed by atoms with Crippen molar-refractivity contribution in [1.82, 2.24) is 29.9 Å². The number of ether oxygens (including phenoxy) is 2. The van der Waals surface area contributed by atoms with E-state index in [1.165, 1.54) is 4.90 Å². The Hall–Kier alpha value is -6.32. The Labute approximate surface area is 425 Å². The van der Waals surface area contributed by atoms with Crippen LogP contribution in [-0.2, 0) is 50.3 Å². The summed E-state index contributed by atoms with van der Waals surface area (Å²) in [7, 11) is 3.48. The molecule has 17 heteroatoms. The largest absolute Gasteiger partial charge is 0.493 e. The topological polar surface area (TPSA) is 169 Å². The molecule has 0 atom stereocenters. The molecule has 2 aromatic carbocycles. The number of aromatic nitrogens is 6. The molecule has 8 aromatic rings. The summed E-state index contributed by atoms with van der Waals surface area (Å²) in [6.45, 7) is 6.19. The molecule has 0 aliphatic rings. The van der Waals surface area contributed by atoms with E-state index >= 15 is 0 Å². The molecule has 6 aromatic heterocycles. The number of amides is 1. The van der Waals surface area contributed by atoms with Crippen LogP contribution in [0.15, 0.2) is 134 Å². The summed E-state index contributed by atoms with van der Waals surface area (Å²) in [6.07, 6.45) is 13.4. The van der Waals surface area contributed by atoms with Crippen LogP contribution in [0.5, 0.6) is 11.5 Å². The molecular formula is C50H49Cl2N10O4Y-. The minimum Gasteiger partial charge on any atom is -0.493 e. The van der Waals surface area contributed by atoms with Crippen LogP contribution < -0.4 is 30.3 Å². The Bertz CT molecular complexity index is 2870. The summed E-state index contributed by atoms with van der Waals surface area (Å²) >= 11 is 11.8. The summed E-state index contributed by atoms with van der Waals surface area (Å²) in [5.41, 5.74) is 5.93. The maximum absolute atomic E-state index is 13.3. The van der Waals surface area contributed by atoms with E-state index in [1.807, 2.05) is 106 Å². The number of benzene rings is 2. The van der Waals surface area contributed by atoms with Gasteiger partial charge in [-0.05, 0) is 92.6 Å². The number of hydrogen-bond acceptors (Lipinski definition) is 13. The van der Waals surface area contributed by atoms with Gasteiger partial charge in [0, 0.05) is 120 Å². The van der Waals surface area contributed by atoms with Crippen LogP contribution in [0.1, 0.15) is 40.9 Å². The van der Waals surface area contributed by atoms with Gasteiger partial charge in [-0.25, -0.2) is 15.0 Å². The molecule has 8 rings (SSSR count). The van der Waals surface area contributed by atoms with Crippen molar-refractivity contribution in [3.63, 3.8) is 0 Å². The van der Waals surface area contributed by atoms with Gasteiger partial charge in [-0.15, -0.1) is 5.56 Å². The molecule has 6 heterocycles. The van der Waals surface area contributed by atoms with Crippen molar-refractivity contribution in [2.75, 3.05) is 61.2 Å². The summed E-state index contributed by atoms with van der Waals surface area (Å²) in [5.74, 6) is 2.45. The second-order valence-corrected chi connectivity index (χ2v) is 15.0. The minimum atomic E-state index is -0.226. The zero-order chi connectivity index (χ0) is 46.7. The van der Waals surface area contributed by atoms with E-state index in [1.54, 1.807) is 62.4 Å². The normalized spacial score (nSPS) is 10.3. The molecule has 0 spiro atoms. The maximum atomic E-state index is 13.3. The Kier molecular flexibility index (Phi) is 20.6. The molecule has 14 nitrogen and oxygen atoms in total. The van der Waals surface area contributed by atoms with Crippen molar-refractivity contribution in [1.29, 1.82) is 0 Å². The third kappa shape index (κ3) is 14.3. The van der Waals surface area contributed by atoms with Gasteiger partial charge in [0.2, 0.25) is 0 Å². The predicted octanol–water partition coefficient (Wildman–Crippen LogP) is 9.92. The van der Waals surface area contributed by atoms with Crippen molar-refractivity contribution >= 4 is 80.2 Å². The standard InChI is InChI=1S/C25H24ClN5O2.C19H18N3O2.C6H7ClN2.Y/c1-3-27-24-19(25(32)31(2)21-9-6-12-29-23(21)26)15-17(16-30-24)11-14-33-22-10-13-28-20-8-5-4-7-18(20)22;1-2-20-19-15(13-23)11-14(12-22-19)8-10-24-18-7-9-21-17-6-4-3-5-16(17)18;1-8-5-3-2-4-9-6(5)7;/h4-10,12-13,15-16H,3,11,14H2,1-2H3,(H,27,30);3-7,9,11-12H,2,8,10H2,1H3,(H,20,22);2-4,8H,1H3;/q;-1;;. The van der Waals surface area contributed by atoms with Gasteiger partial charge < -0.3 is 40.1 Å². The average Bonchev–Trinajstić information content (AvgIpc) is 3.35. The third-order valence-electron chi connectivity index (χ3n) is 9.87. The molecule has 67 heavy (non-hydrogen) atoms. The van der Waals surface area contributed by atoms with E-state index in [4.69, 9.17) is 32.7 Å². The SMILES string of the molecule is CCNc1ncc(CCOc2ccnc3ccccc23)cc1C(=O)N(C)c1cccnc1Cl.CCNc1ncc(CCOc2ccnc3ccccc23)cc1[C-]=O.CNc1cccnc1Cl.[Y]. The zero-order valence-electron chi connectivity index (χ0n) is 37.5. The first-order valence-electron chi connectivity index (χ1n) is 21.2. The molecule has 0 unspecified atom stereocenters. The average molecular weight is 1010 g/mol. The molecule has 0 fully saturated rings. The number of carbonyl (C=O) groups is 1. The molecule has 3 N–H and O–H groups in total. The van der Waals surface area contributed by atoms with E-state index in [0.29, 0.717) is 72.7 Å². The van der Waals surface area contributed by atoms with Gasteiger partial charge in [-0.2, -0.15) is 6.07 Å². The number of para-hydroxylation sites is 2. The molecule has 1 radical (unpaired) electrons. The quantitative estimate of drug-likeness (QED) is 0.0618. The second kappa shape index (κ2) is 26.7. The molecule has 0 aliphatic carbocycles. The fraction of sp³-hybridized carbons (Fsp3) is 0.200. The van der Waals surface area contributed by atoms with E-state index in [9.17, 15) is 9.59 Å².